The molecule has 134 valence electrons. The first-order valence-electron chi connectivity index (χ1n) is 7.62. The molecule has 0 bridgehead atoms. The summed E-state index contributed by atoms with van der Waals surface area (Å²) in [5.74, 6) is -0.859. The molecule has 0 saturated carbocycles. The van der Waals surface area contributed by atoms with Gasteiger partial charge in [-0.2, -0.15) is 0 Å². The van der Waals surface area contributed by atoms with Crippen LogP contribution in [-0.2, 0) is 9.53 Å². The topological polar surface area (TPSA) is 78.9 Å². The number of amides is 2. The molecule has 25 heavy (non-hydrogen) atoms. The standard InChI is InChI=1S/C17H19ClN2O4S/c1-17(2,3)24-16(23)20-8-7-12(21)13(15(20)22)14(25)19-11-6-4-5-10(18)9-11/h4-6,9,21H,7-8H2,1-3H3,(H,19,25). The van der Waals surface area contributed by atoms with Gasteiger partial charge in [0.2, 0.25) is 0 Å². The van der Waals surface area contributed by atoms with Crippen molar-refractivity contribution in [1.82, 2.24) is 4.90 Å². The van der Waals surface area contributed by atoms with E-state index in [2.05, 4.69) is 5.32 Å². The van der Waals surface area contributed by atoms with E-state index in [1.165, 1.54) is 0 Å². The summed E-state index contributed by atoms with van der Waals surface area (Å²) in [6.07, 6.45) is -0.662. The molecule has 0 radical (unpaired) electrons. The number of imide groups is 1. The first-order chi connectivity index (χ1) is 11.6. The SMILES string of the molecule is CC(C)(C)OC(=O)N1CCC(O)=C(C(=S)Nc2cccc(Cl)c2)C1=O. The summed E-state index contributed by atoms with van der Waals surface area (Å²) >= 11 is 11.1. The number of carbonyl (C=O) groups is 2. The zero-order valence-corrected chi connectivity index (χ0v) is 15.7. The Hall–Kier alpha value is -2.12. The van der Waals surface area contributed by atoms with Crippen molar-refractivity contribution in [3.8, 4) is 0 Å². The van der Waals surface area contributed by atoms with Crippen LogP contribution in [0.25, 0.3) is 0 Å². The first kappa shape index (κ1) is 19.2. The van der Waals surface area contributed by atoms with Gasteiger partial charge >= 0.3 is 6.09 Å². The van der Waals surface area contributed by atoms with E-state index in [4.69, 9.17) is 28.6 Å². The highest BCUT2D eigenvalue weighted by atomic mass is 35.5. The second-order valence-corrected chi connectivity index (χ2v) is 7.32. The Morgan fingerprint density at radius 3 is 2.68 bits per heavy atom. The van der Waals surface area contributed by atoms with E-state index < -0.39 is 17.6 Å². The molecule has 0 atom stereocenters. The van der Waals surface area contributed by atoms with Crippen LogP contribution in [0.3, 0.4) is 0 Å². The van der Waals surface area contributed by atoms with Crippen molar-refractivity contribution < 1.29 is 19.4 Å². The Bertz CT molecular complexity index is 755. The molecule has 8 heteroatoms. The zero-order valence-electron chi connectivity index (χ0n) is 14.1. The highest BCUT2D eigenvalue weighted by Gasteiger charge is 2.36. The maximum Gasteiger partial charge on any atom is 0.417 e. The summed E-state index contributed by atoms with van der Waals surface area (Å²) in [5, 5.41) is 13.4. The summed E-state index contributed by atoms with van der Waals surface area (Å²) < 4.78 is 5.23. The van der Waals surface area contributed by atoms with Gasteiger partial charge in [-0.15, -0.1) is 0 Å². The maximum atomic E-state index is 12.6. The number of ether oxygens (including phenoxy) is 1. The minimum absolute atomic E-state index is 0.0121. The van der Waals surface area contributed by atoms with E-state index in [0.29, 0.717) is 10.7 Å². The lowest BCUT2D eigenvalue weighted by molar-refractivity contribution is -0.126. The molecule has 0 fully saturated rings. The molecule has 6 nitrogen and oxygen atoms in total. The second-order valence-electron chi connectivity index (χ2n) is 6.47. The number of nitrogens with zero attached hydrogens (tertiary/aromatic N) is 1. The van der Waals surface area contributed by atoms with Crippen LogP contribution in [0.5, 0.6) is 0 Å². The van der Waals surface area contributed by atoms with Gasteiger partial charge in [0.1, 0.15) is 21.9 Å². The van der Waals surface area contributed by atoms with Crippen LogP contribution < -0.4 is 5.32 Å². The predicted molar refractivity (Wildman–Crippen MR) is 99.9 cm³/mol. The number of anilines is 1. The Morgan fingerprint density at radius 1 is 1.40 bits per heavy atom. The Kier molecular flexibility index (Phi) is 5.69. The summed E-state index contributed by atoms with van der Waals surface area (Å²) in [6, 6.07) is 6.76. The van der Waals surface area contributed by atoms with E-state index in [0.717, 1.165) is 4.90 Å². The van der Waals surface area contributed by atoms with Gasteiger partial charge in [-0.1, -0.05) is 29.9 Å². The number of thiocarbonyl (C=S) groups is 1. The maximum absolute atomic E-state index is 12.6. The summed E-state index contributed by atoms with van der Waals surface area (Å²) in [5.41, 5.74) is -0.285. The van der Waals surface area contributed by atoms with E-state index in [1.807, 2.05) is 0 Å². The third kappa shape index (κ3) is 4.93. The number of hydrogen-bond donors (Lipinski definition) is 2. The predicted octanol–water partition coefficient (Wildman–Crippen LogP) is 4.06. The minimum Gasteiger partial charge on any atom is -0.511 e. The first-order valence-corrected chi connectivity index (χ1v) is 8.41. The van der Waals surface area contributed by atoms with Crippen LogP contribution in [0.1, 0.15) is 27.2 Å². The zero-order chi connectivity index (χ0) is 18.8. The van der Waals surface area contributed by atoms with Crippen molar-refractivity contribution in [1.29, 1.82) is 0 Å². The second kappa shape index (κ2) is 7.41. The fraction of sp³-hybridized carbons (Fsp3) is 0.353. The Labute approximate surface area is 156 Å². The molecular formula is C17H19ClN2O4S. The number of carbonyl (C=O) groups excluding carboxylic acids is 2. The van der Waals surface area contributed by atoms with Crippen LogP contribution in [-0.4, -0.2) is 39.1 Å². The number of rotatable bonds is 2. The van der Waals surface area contributed by atoms with E-state index in [9.17, 15) is 14.7 Å². The fourth-order valence-corrected chi connectivity index (χ4v) is 2.70. The molecule has 1 aromatic rings. The van der Waals surface area contributed by atoms with Crippen LogP contribution in [0, 0.1) is 0 Å². The van der Waals surface area contributed by atoms with Gasteiger partial charge in [-0.3, -0.25) is 4.79 Å². The van der Waals surface area contributed by atoms with Crippen molar-refractivity contribution in [2.45, 2.75) is 32.8 Å². The van der Waals surface area contributed by atoms with Gasteiger partial charge in [0, 0.05) is 23.7 Å². The van der Waals surface area contributed by atoms with Crippen molar-refractivity contribution in [2.24, 2.45) is 0 Å². The average Bonchev–Trinajstić information content (AvgIpc) is 2.45. The molecule has 1 heterocycles. The summed E-state index contributed by atoms with van der Waals surface area (Å²) in [7, 11) is 0. The number of hydrogen-bond acceptors (Lipinski definition) is 5. The van der Waals surface area contributed by atoms with Crippen LogP contribution in [0.15, 0.2) is 35.6 Å². The molecule has 0 saturated heterocycles. The molecule has 2 amide bonds. The van der Waals surface area contributed by atoms with E-state index in [-0.39, 0.29) is 29.3 Å². The van der Waals surface area contributed by atoms with Gasteiger partial charge in [0.15, 0.2) is 0 Å². The monoisotopic (exact) mass is 382 g/mol. The molecule has 0 aliphatic carbocycles. The average molecular weight is 383 g/mol. The van der Waals surface area contributed by atoms with Crippen LogP contribution >= 0.6 is 23.8 Å². The fourth-order valence-electron chi connectivity index (χ4n) is 2.18. The lowest BCUT2D eigenvalue weighted by Crippen LogP contribution is -2.46. The molecule has 2 N–H and O–H groups in total. The molecule has 0 spiro atoms. The lowest BCUT2D eigenvalue weighted by atomic mass is 10.1. The number of halogens is 1. The van der Waals surface area contributed by atoms with Crippen molar-refractivity contribution in [3.05, 3.63) is 40.6 Å². The van der Waals surface area contributed by atoms with Gasteiger partial charge in [0.25, 0.3) is 5.91 Å². The van der Waals surface area contributed by atoms with Gasteiger partial charge in [-0.05, 0) is 39.0 Å². The summed E-state index contributed by atoms with van der Waals surface area (Å²) in [6.45, 7) is 5.15. The highest BCUT2D eigenvalue weighted by Crippen LogP contribution is 2.23. The molecular weight excluding hydrogens is 364 g/mol. The van der Waals surface area contributed by atoms with Gasteiger partial charge < -0.3 is 15.2 Å². The number of benzene rings is 1. The minimum atomic E-state index is -0.770. The van der Waals surface area contributed by atoms with Crippen LogP contribution in [0.2, 0.25) is 5.02 Å². The van der Waals surface area contributed by atoms with E-state index in [1.54, 1.807) is 45.0 Å². The van der Waals surface area contributed by atoms with Crippen molar-refractivity contribution in [2.75, 3.05) is 11.9 Å². The Morgan fingerprint density at radius 2 is 2.08 bits per heavy atom. The molecule has 0 aromatic heterocycles. The van der Waals surface area contributed by atoms with Crippen LogP contribution in [0.4, 0.5) is 10.5 Å². The molecule has 0 unspecified atom stereocenters. The number of aliphatic hydroxyl groups is 1. The van der Waals surface area contributed by atoms with Gasteiger partial charge in [-0.25, -0.2) is 9.69 Å². The third-order valence-corrected chi connectivity index (χ3v) is 3.78. The quantitative estimate of drug-likeness (QED) is 0.751. The van der Waals surface area contributed by atoms with E-state index >= 15 is 0 Å². The summed E-state index contributed by atoms with van der Waals surface area (Å²) in [4.78, 5) is 25.8. The third-order valence-electron chi connectivity index (χ3n) is 3.24. The van der Waals surface area contributed by atoms with Crippen molar-refractivity contribution in [3.63, 3.8) is 0 Å². The molecule has 1 aliphatic heterocycles. The highest BCUT2D eigenvalue weighted by molar-refractivity contribution is 7.81. The lowest BCUT2D eigenvalue weighted by Gasteiger charge is -2.29. The number of aliphatic hydroxyl groups excluding tert-OH is 1. The smallest absolute Gasteiger partial charge is 0.417 e. The molecule has 1 aliphatic rings. The normalized spacial score (nSPS) is 15.2. The number of nitrogens with one attached hydrogen (secondary N) is 1. The Balaban J connectivity index is 2.19. The molecule has 2 rings (SSSR count). The van der Waals surface area contributed by atoms with Gasteiger partial charge in [0.05, 0.1) is 0 Å². The van der Waals surface area contributed by atoms with Crippen molar-refractivity contribution >= 4 is 46.5 Å². The largest absolute Gasteiger partial charge is 0.511 e. The molecule has 1 aromatic carbocycles.